The Hall–Kier alpha value is -5.10. The van der Waals surface area contributed by atoms with Gasteiger partial charge in [-0.25, -0.2) is 15.9 Å². The molecule has 0 spiro atoms. The second-order valence-corrected chi connectivity index (χ2v) is 9.44. The van der Waals surface area contributed by atoms with Gasteiger partial charge in [-0.3, -0.25) is 53.2 Å². The van der Waals surface area contributed by atoms with Crippen LogP contribution in [0, 0.1) is 0 Å². The summed E-state index contributed by atoms with van der Waals surface area (Å²) >= 11 is 0. The zero-order chi connectivity index (χ0) is 29.4. The molecule has 0 aromatic heterocycles. The molecule has 0 unspecified atom stereocenters. The Kier molecular flexibility index (Phi) is 7.24. The van der Waals surface area contributed by atoms with Gasteiger partial charge in [0.25, 0.3) is 0 Å². The number of carbonyl (C=O) groups is 8. The molecule has 1 aromatic carbocycles. The predicted molar refractivity (Wildman–Crippen MR) is 138 cm³/mol. The Morgan fingerprint density at radius 3 is 1.51 bits per heavy atom. The third-order valence-electron chi connectivity index (χ3n) is 6.82. The van der Waals surface area contributed by atoms with Crippen LogP contribution in [0.15, 0.2) is 12.1 Å². The molecular weight excluding hydrogens is 544 g/mol. The van der Waals surface area contributed by atoms with Crippen LogP contribution in [0.4, 0.5) is 22.7 Å². The summed E-state index contributed by atoms with van der Waals surface area (Å²) < 4.78 is 0. The number of nitrogens with two attached hydrogens (primary N) is 1. The third kappa shape index (κ3) is 5.12. The summed E-state index contributed by atoms with van der Waals surface area (Å²) in [5.74, 6) is -0.363. The SMILES string of the molecule is NN1CCC(=O)N2CN(C(=O)CCNC(=O)C1=O)c1cc3c(cc12)N1NN3C(=O)CCNC(=O)C(=O)NCCC1=O. The number of benzene rings is 1. The highest BCUT2D eigenvalue weighted by molar-refractivity contribution is 6.35. The fraction of sp³-hybridized carbons (Fsp3) is 0.391. The molecular formula is C23H26N10O8. The van der Waals surface area contributed by atoms with Crippen molar-refractivity contribution in [1.29, 1.82) is 0 Å². The second kappa shape index (κ2) is 10.8. The van der Waals surface area contributed by atoms with Crippen LogP contribution in [0.1, 0.15) is 25.7 Å². The first-order valence-electron chi connectivity index (χ1n) is 12.7. The van der Waals surface area contributed by atoms with Gasteiger partial charge in [-0.05, 0) is 12.1 Å². The average Bonchev–Trinajstić information content (AvgIpc) is 3.51. The molecule has 4 aliphatic rings. The Labute approximate surface area is 231 Å². The van der Waals surface area contributed by atoms with Gasteiger partial charge < -0.3 is 16.0 Å². The lowest BCUT2D eigenvalue weighted by Gasteiger charge is -2.21. The normalized spacial score (nSPS) is 21.0. The van der Waals surface area contributed by atoms with Crippen molar-refractivity contribution >= 4 is 70.0 Å². The van der Waals surface area contributed by atoms with Crippen LogP contribution in [-0.4, -0.2) is 85.1 Å². The number of amides is 8. The Balaban J connectivity index is 1.54. The molecule has 18 nitrogen and oxygen atoms in total. The minimum Gasteiger partial charge on any atom is -0.347 e. The molecule has 2 fully saturated rings. The summed E-state index contributed by atoms with van der Waals surface area (Å²) in [6.45, 7) is -0.938. The Bertz CT molecular complexity index is 1400. The van der Waals surface area contributed by atoms with Crippen molar-refractivity contribution in [2.45, 2.75) is 25.7 Å². The largest absolute Gasteiger partial charge is 0.347 e. The highest BCUT2D eigenvalue weighted by Gasteiger charge is 2.41. The molecule has 0 saturated carbocycles. The fourth-order valence-electron chi connectivity index (χ4n) is 4.68. The van der Waals surface area contributed by atoms with Gasteiger partial charge in [0.2, 0.25) is 23.6 Å². The molecule has 4 aliphatic heterocycles. The van der Waals surface area contributed by atoms with Crippen LogP contribution < -0.4 is 47.1 Å². The summed E-state index contributed by atoms with van der Waals surface area (Å²) in [4.78, 5) is 103. The number of rotatable bonds is 0. The topological polar surface area (TPSA) is 227 Å². The zero-order valence-corrected chi connectivity index (χ0v) is 21.6. The van der Waals surface area contributed by atoms with E-state index in [1.54, 1.807) is 0 Å². The van der Waals surface area contributed by atoms with E-state index in [2.05, 4.69) is 21.5 Å². The molecule has 0 atom stereocenters. The van der Waals surface area contributed by atoms with Gasteiger partial charge in [0.1, 0.15) is 6.67 Å². The van der Waals surface area contributed by atoms with E-state index in [-0.39, 0.29) is 81.3 Å². The van der Waals surface area contributed by atoms with E-state index in [0.717, 1.165) is 10.0 Å². The summed E-state index contributed by atoms with van der Waals surface area (Å²) in [5.41, 5.74) is 3.71. The van der Waals surface area contributed by atoms with Gasteiger partial charge in [-0.15, -0.1) is 5.53 Å². The predicted octanol–water partition coefficient (Wildman–Crippen LogP) is -3.94. The number of nitrogens with zero attached hydrogens (tertiary/aromatic N) is 5. The summed E-state index contributed by atoms with van der Waals surface area (Å²) in [5, 5.41) is 9.82. The monoisotopic (exact) mass is 570 g/mol. The van der Waals surface area contributed by atoms with E-state index in [1.165, 1.54) is 21.9 Å². The third-order valence-corrected chi connectivity index (χ3v) is 6.82. The van der Waals surface area contributed by atoms with Crippen LogP contribution in [0.5, 0.6) is 0 Å². The number of fused-ring (bicyclic) bond motifs is 10. The maximum absolute atomic E-state index is 13.2. The molecule has 41 heavy (non-hydrogen) atoms. The van der Waals surface area contributed by atoms with Crippen molar-refractivity contribution < 1.29 is 38.4 Å². The van der Waals surface area contributed by atoms with Gasteiger partial charge in [0.15, 0.2) is 0 Å². The lowest BCUT2D eigenvalue weighted by Crippen LogP contribution is -2.50. The Morgan fingerprint density at radius 1 is 0.561 bits per heavy atom. The average molecular weight is 571 g/mol. The van der Waals surface area contributed by atoms with Gasteiger partial charge in [0.05, 0.1) is 22.7 Å². The van der Waals surface area contributed by atoms with E-state index in [0.29, 0.717) is 5.01 Å². The highest BCUT2D eigenvalue weighted by atomic mass is 16.2. The molecule has 8 amide bonds. The maximum atomic E-state index is 13.2. The van der Waals surface area contributed by atoms with Crippen LogP contribution >= 0.6 is 0 Å². The van der Waals surface area contributed by atoms with Crippen LogP contribution in [0.25, 0.3) is 0 Å². The summed E-state index contributed by atoms with van der Waals surface area (Å²) in [6, 6.07) is 2.97. The second-order valence-electron chi connectivity index (χ2n) is 9.44. The minimum absolute atomic E-state index is 0.156. The number of anilines is 4. The van der Waals surface area contributed by atoms with E-state index in [9.17, 15) is 38.4 Å². The smallest absolute Gasteiger partial charge is 0.325 e. The highest BCUT2D eigenvalue weighted by Crippen LogP contribution is 2.46. The first kappa shape index (κ1) is 27.5. The van der Waals surface area contributed by atoms with Crippen molar-refractivity contribution in [3.63, 3.8) is 0 Å². The number of carbonyl (C=O) groups excluding carboxylic acids is 8. The van der Waals surface area contributed by atoms with Gasteiger partial charge in [-0.1, -0.05) is 0 Å². The van der Waals surface area contributed by atoms with E-state index < -0.39 is 47.3 Å². The zero-order valence-electron chi connectivity index (χ0n) is 21.6. The quantitative estimate of drug-likeness (QED) is 0.116. The first-order chi connectivity index (χ1) is 19.6. The molecule has 2 saturated heterocycles. The molecule has 0 radical (unpaired) electrons. The number of hydrazine groups is 3. The van der Waals surface area contributed by atoms with Crippen molar-refractivity contribution in [3.05, 3.63) is 12.1 Å². The van der Waals surface area contributed by atoms with Crippen molar-refractivity contribution in [2.75, 3.05) is 52.7 Å². The molecule has 6 N–H and O–H groups in total. The fourth-order valence-corrected chi connectivity index (χ4v) is 4.68. The molecule has 216 valence electrons. The van der Waals surface area contributed by atoms with Gasteiger partial charge >= 0.3 is 23.6 Å². The standard InChI is InChI=1S/C23H26N10O8/c24-31-8-4-17(35)30-11-29(16(34)1-5-27-22(40)23(31)41)12-9-14-15(10-13(12)30)33-19(37)3-7-26-21(39)20(38)25-6-2-18(36)32(14)28-33/h9-10,28H,1-8,11,24H2,(H,25,38)(H,26,39)(H,27,40). The number of nitrogens with one attached hydrogen (secondary N) is 4. The van der Waals surface area contributed by atoms with E-state index >= 15 is 0 Å². The van der Waals surface area contributed by atoms with Crippen molar-refractivity contribution in [3.8, 4) is 0 Å². The van der Waals surface area contributed by atoms with Crippen LogP contribution in [-0.2, 0) is 38.4 Å². The molecule has 4 heterocycles. The van der Waals surface area contributed by atoms with Gasteiger partial charge in [-0.2, -0.15) is 0 Å². The van der Waals surface area contributed by atoms with E-state index in [4.69, 9.17) is 5.84 Å². The summed E-state index contributed by atoms with van der Waals surface area (Å²) in [6.07, 6.45) is -0.945. The number of hydrogen-bond donors (Lipinski definition) is 5. The lowest BCUT2D eigenvalue weighted by atomic mass is 10.1. The molecule has 0 aliphatic carbocycles. The van der Waals surface area contributed by atoms with Gasteiger partial charge in [0, 0.05) is 51.9 Å². The van der Waals surface area contributed by atoms with Crippen LogP contribution in [0.2, 0.25) is 0 Å². The van der Waals surface area contributed by atoms with Crippen molar-refractivity contribution in [1.82, 2.24) is 26.5 Å². The summed E-state index contributed by atoms with van der Waals surface area (Å²) in [7, 11) is 0. The Morgan fingerprint density at radius 2 is 1.00 bits per heavy atom. The maximum Gasteiger partial charge on any atom is 0.325 e. The number of hydrogen-bond acceptors (Lipinski definition) is 10. The van der Waals surface area contributed by atoms with E-state index in [1.807, 2.05) is 0 Å². The molecule has 5 rings (SSSR count). The lowest BCUT2D eigenvalue weighted by molar-refractivity contribution is -0.146. The van der Waals surface area contributed by atoms with Crippen LogP contribution in [0.3, 0.4) is 0 Å². The minimum atomic E-state index is -1.05. The molecule has 4 bridgehead atoms. The first-order valence-corrected chi connectivity index (χ1v) is 12.7. The van der Waals surface area contributed by atoms with Crippen molar-refractivity contribution in [2.24, 2.45) is 5.84 Å². The molecule has 18 heteroatoms. The molecule has 1 aromatic rings.